The molecule has 0 unspecified atom stereocenters. The van der Waals surface area contributed by atoms with Crippen molar-refractivity contribution in [1.29, 1.82) is 0 Å². The zero-order valence-electron chi connectivity index (χ0n) is 14.9. The molecule has 27 heavy (non-hydrogen) atoms. The Bertz CT molecular complexity index is 1160. The highest BCUT2D eigenvalue weighted by Gasteiger charge is 2.17. The summed E-state index contributed by atoms with van der Waals surface area (Å²) in [5, 5.41) is 18.4. The SMILES string of the molecule is Cn1nnc(-c2cccc(N3C=CCNc4c3ccc3ccccc43)c2)n1. The molecule has 0 atom stereocenters. The molecule has 1 aromatic heterocycles. The van der Waals surface area contributed by atoms with Crippen molar-refractivity contribution in [3.05, 3.63) is 72.9 Å². The lowest BCUT2D eigenvalue weighted by molar-refractivity contribution is 0.630. The molecule has 1 aliphatic rings. The summed E-state index contributed by atoms with van der Waals surface area (Å²) < 4.78 is 0. The number of benzene rings is 3. The molecule has 0 spiro atoms. The number of aromatic nitrogens is 4. The van der Waals surface area contributed by atoms with Crippen LogP contribution >= 0.6 is 0 Å². The third kappa shape index (κ3) is 2.71. The summed E-state index contributed by atoms with van der Waals surface area (Å²) >= 11 is 0. The molecule has 1 aliphatic heterocycles. The summed E-state index contributed by atoms with van der Waals surface area (Å²) in [4.78, 5) is 3.67. The van der Waals surface area contributed by atoms with Crippen LogP contribution in [0.2, 0.25) is 0 Å². The Balaban J connectivity index is 1.65. The van der Waals surface area contributed by atoms with Gasteiger partial charge in [0, 0.05) is 29.4 Å². The molecule has 6 nitrogen and oxygen atoms in total. The van der Waals surface area contributed by atoms with E-state index in [-0.39, 0.29) is 0 Å². The van der Waals surface area contributed by atoms with Gasteiger partial charge in [0.25, 0.3) is 0 Å². The standard InChI is InChI=1S/C21H18N6/c1-26-24-21(23-25-26)16-7-4-8-17(14-16)27-13-5-12-22-20-18-9-3-2-6-15(18)10-11-19(20)27/h2-11,13-14,22H,12H2,1H3. The van der Waals surface area contributed by atoms with Crippen molar-refractivity contribution < 1.29 is 0 Å². The van der Waals surface area contributed by atoms with E-state index >= 15 is 0 Å². The normalized spacial score (nSPS) is 13.3. The van der Waals surface area contributed by atoms with Crippen molar-refractivity contribution in [2.75, 3.05) is 16.8 Å². The van der Waals surface area contributed by atoms with Crippen molar-refractivity contribution in [2.45, 2.75) is 0 Å². The minimum absolute atomic E-state index is 0.620. The van der Waals surface area contributed by atoms with Gasteiger partial charge in [-0.2, -0.15) is 4.80 Å². The number of aryl methyl sites for hydroxylation is 1. The average molecular weight is 354 g/mol. The van der Waals surface area contributed by atoms with E-state index in [4.69, 9.17) is 0 Å². The van der Waals surface area contributed by atoms with E-state index in [1.54, 1.807) is 7.05 Å². The second-order valence-corrected chi connectivity index (χ2v) is 6.47. The summed E-state index contributed by atoms with van der Waals surface area (Å²) in [7, 11) is 1.77. The van der Waals surface area contributed by atoms with Gasteiger partial charge in [-0.05, 0) is 34.9 Å². The fourth-order valence-corrected chi connectivity index (χ4v) is 3.47. The lowest BCUT2D eigenvalue weighted by atomic mass is 10.1. The van der Waals surface area contributed by atoms with E-state index in [0.717, 1.165) is 29.2 Å². The van der Waals surface area contributed by atoms with E-state index in [9.17, 15) is 0 Å². The molecule has 0 saturated carbocycles. The summed E-state index contributed by atoms with van der Waals surface area (Å²) in [6.45, 7) is 0.781. The summed E-state index contributed by atoms with van der Waals surface area (Å²) in [5.41, 5.74) is 4.25. The first-order chi connectivity index (χ1) is 13.3. The van der Waals surface area contributed by atoms with E-state index < -0.39 is 0 Å². The maximum atomic E-state index is 4.32. The van der Waals surface area contributed by atoms with Crippen molar-refractivity contribution in [1.82, 2.24) is 20.2 Å². The molecule has 0 amide bonds. The maximum Gasteiger partial charge on any atom is 0.204 e. The quantitative estimate of drug-likeness (QED) is 0.587. The van der Waals surface area contributed by atoms with Gasteiger partial charge in [0.2, 0.25) is 5.82 Å². The molecule has 1 N–H and O–H groups in total. The van der Waals surface area contributed by atoms with E-state index in [1.165, 1.54) is 15.6 Å². The second-order valence-electron chi connectivity index (χ2n) is 6.47. The minimum Gasteiger partial charge on any atom is -0.379 e. The van der Waals surface area contributed by atoms with E-state index in [1.807, 2.05) is 12.1 Å². The van der Waals surface area contributed by atoms with Gasteiger partial charge in [-0.15, -0.1) is 10.2 Å². The van der Waals surface area contributed by atoms with Gasteiger partial charge in [-0.1, -0.05) is 42.5 Å². The van der Waals surface area contributed by atoms with Gasteiger partial charge < -0.3 is 10.2 Å². The van der Waals surface area contributed by atoms with Crippen LogP contribution in [0.25, 0.3) is 22.2 Å². The zero-order valence-corrected chi connectivity index (χ0v) is 14.9. The van der Waals surface area contributed by atoms with Crippen LogP contribution in [0.5, 0.6) is 0 Å². The first-order valence-electron chi connectivity index (χ1n) is 8.85. The van der Waals surface area contributed by atoms with Crippen LogP contribution in [0.15, 0.2) is 72.9 Å². The summed E-state index contributed by atoms with van der Waals surface area (Å²) in [6.07, 6.45) is 4.23. The Labute approximate surface area is 156 Å². The summed E-state index contributed by atoms with van der Waals surface area (Å²) in [5.74, 6) is 0.620. The van der Waals surface area contributed by atoms with Gasteiger partial charge in [0.05, 0.1) is 18.4 Å². The van der Waals surface area contributed by atoms with Crippen LogP contribution in [0, 0.1) is 0 Å². The highest BCUT2D eigenvalue weighted by atomic mass is 15.6. The first kappa shape index (κ1) is 15.6. The topological polar surface area (TPSA) is 58.9 Å². The number of hydrogen-bond donors (Lipinski definition) is 1. The minimum atomic E-state index is 0.620. The maximum absolute atomic E-state index is 4.32. The molecule has 6 heteroatoms. The highest BCUT2D eigenvalue weighted by molar-refractivity contribution is 6.02. The molecule has 4 aromatic rings. The Morgan fingerprint density at radius 2 is 1.93 bits per heavy atom. The van der Waals surface area contributed by atoms with Crippen molar-refractivity contribution in [2.24, 2.45) is 7.05 Å². The third-order valence-corrected chi connectivity index (χ3v) is 4.71. The van der Waals surface area contributed by atoms with Crippen molar-refractivity contribution in [3.63, 3.8) is 0 Å². The number of fused-ring (bicyclic) bond motifs is 3. The fourth-order valence-electron chi connectivity index (χ4n) is 3.47. The lowest BCUT2D eigenvalue weighted by Crippen LogP contribution is -2.09. The number of nitrogens with zero attached hydrogens (tertiary/aromatic N) is 5. The molecule has 0 bridgehead atoms. The number of tetrazole rings is 1. The molecule has 5 rings (SSSR count). The number of hydrogen-bond acceptors (Lipinski definition) is 5. The van der Waals surface area contributed by atoms with E-state index in [0.29, 0.717) is 5.82 Å². The van der Waals surface area contributed by atoms with Gasteiger partial charge in [-0.3, -0.25) is 0 Å². The van der Waals surface area contributed by atoms with Crippen molar-refractivity contribution >= 4 is 27.8 Å². The molecule has 0 aliphatic carbocycles. The van der Waals surface area contributed by atoms with Crippen LogP contribution in [-0.4, -0.2) is 26.8 Å². The van der Waals surface area contributed by atoms with Crippen LogP contribution < -0.4 is 10.2 Å². The Morgan fingerprint density at radius 3 is 2.81 bits per heavy atom. The van der Waals surface area contributed by atoms with Crippen LogP contribution in [-0.2, 0) is 7.05 Å². The molecular formula is C21H18N6. The average Bonchev–Trinajstić information content (AvgIpc) is 3.03. The summed E-state index contributed by atoms with van der Waals surface area (Å²) in [6, 6.07) is 21.0. The van der Waals surface area contributed by atoms with Gasteiger partial charge in [0.15, 0.2) is 0 Å². The Hall–Kier alpha value is -3.67. The molecule has 3 aromatic carbocycles. The number of nitrogens with one attached hydrogen (secondary N) is 1. The van der Waals surface area contributed by atoms with Crippen LogP contribution in [0.4, 0.5) is 17.1 Å². The van der Waals surface area contributed by atoms with Gasteiger partial charge in [0.1, 0.15) is 0 Å². The molecular weight excluding hydrogens is 336 g/mol. The first-order valence-corrected chi connectivity index (χ1v) is 8.85. The number of anilines is 3. The van der Waals surface area contributed by atoms with E-state index in [2.05, 4.69) is 86.4 Å². The lowest BCUT2D eigenvalue weighted by Gasteiger charge is -2.23. The number of rotatable bonds is 2. The zero-order chi connectivity index (χ0) is 18.2. The van der Waals surface area contributed by atoms with Gasteiger partial charge >= 0.3 is 0 Å². The molecule has 0 radical (unpaired) electrons. The van der Waals surface area contributed by atoms with Gasteiger partial charge in [-0.25, -0.2) is 0 Å². The third-order valence-electron chi connectivity index (χ3n) is 4.71. The fraction of sp³-hybridized carbons (Fsp3) is 0.0952. The van der Waals surface area contributed by atoms with Crippen LogP contribution in [0.3, 0.4) is 0 Å². The predicted octanol–water partition coefficient (Wildman–Crippen LogP) is 4.11. The predicted molar refractivity (Wildman–Crippen MR) is 108 cm³/mol. The molecule has 132 valence electrons. The van der Waals surface area contributed by atoms with Crippen LogP contribution in [0.1, 0.15) is 0 Å². The molecule has 0 fully saturated rings. The smallest absolute Gasteiger partial charge is 0.204 e. The highest BCUT2D eigenvalue weighted by Crippen LogP contribution is 2.39. The monoisotopic (exact) mass is 354 g/mol. The Kier molecular flexibility index (Phi) is 3.60. The Morgan fingerprint density at radius 1 is 1.00 bits per heavy atom. The van der Waals surface area contributed by atoms with Crippen molar-refractivity contribution in [3.8, 4) is 11.4 Å². The molecule has 2 heterocycles. The second kappa shape index (κ2) is 6.25. The largest absolute Gasteiger partial charge is 0.379 e. The molecule has 0 saturated heterocycles.